The van der Waals surface area contributed by atoms with Gasteiger partial charge in [0.25, 0.3) is 0 Å². The highest BCUT2D eigenvalue weighted by Crippen LogP contribution is 2.08. The number of benzene rings is 1. The fraction of sp³-hybridized carbons (Fsp3) is 0.462. The van der Waals surface area contributed by atoms with Gasteiger partial charge >= 0.3 is 0 Å². The van der Waals surface area contributed by atoms with Crippen LogP contribution >= 0.6 is 0 Å². The molecule has 0 aliphatic carbocycles. The van der Waals surface area contributed by atoms with E-state index in [4.69, 9.17) is 5.73 Å². The molecule has 0 saturated carbocycles. The van der Waals surface area contributed by atoms with Crippen molar-refractivity contribution in [1.29, 1.82) is 0 Å². The number of carbonyl (C=O) groups excluding carboxylic acids is 1. The highest BCUT2D eigenvalue weighted by molar-refractivity contribution is 5.84. The molecule has 0 saturated heterocycles. The molecule has 1 aromatic rings. The molecule has 0 amide bonds. The molecular formula is C13H18FNO. The molecule has 0 spiro atoms. The van der Waals surface area contributed by atoms with Crippen LogP contribution in [0.1, 0.15) is 25.8 Å². The van der Waals surface area contributed by atoms with Crippen LogP contribution in [-0.2, 0) is 11.2 Å². The van der Waals surface area contributed by atoms with E-state index in [0.717, 1.165) is 5.56 Å². The molecule has 88 valence electrons. The lowest BCUT2D eigenvalue weighted by Crippen LogP contribution is -2.33. The third-order valence-electron chi connectivity index (χ3n) is 2.39. The summed E-state index contributed by atoms with van der Waals surface area (Å²) in [6, 6.07) is 5.62. The molecule has 16 heavy (non-hydrogen) atoms. The Labute approximate surface area is 95.7 Å². The summed E-state index contributed by atoms with van der Waals surface area (Å²) in [4.78, 5) is 11.6. The maximum absolute atomic E-state index is 12.7. The standard InChI is InChI=1S/C13H18FNO/c1-9(2)7-13(16)12(15)8-10-3-5-11(14)6-4-10/h3-6,9,12H,7-8,15H2,1-2H3. The molecule has 0 radical (unpaired) electrons. The molecule has 0 aliphatic rings. The second-order valence-corrected chi connectivity index (χ2v) is 4.50. The molecular weight excluding hydrogens is 205 g/mol. The van der Waals surface area contributed by atoms with Crippen LogP contribution in [0, 0.1) is 11.7 Å². The topological polar surface area (TPSA) is 43.1 Å². The van der Waals surface area contributed by atoms with Crippen LogP contribution < -0.4 is 5.73 Å². The summed E-state index contributed by atoms with van der Waals surface area (Å²) in [6.07, 6.45) is 0.980. The van der Waals surface area contributed by atoms with Gasteiger partial charge in [-0.3, -0.25) is 4.79 Å². The number of hydrogen-bond acceptors (Lipinski definition) is 2. The van der Waals surface area contributed by atoms with Crippen LogP contribution in [0.5, 0.6) is 0 Å². The van der Waals surface area contributed by atoms with Gasteiger partial charge in [-0.15, -0.1) is 0 Å². The molecule has 3 heteroatoms. The second-order valence-electron chi connectivity index (χ2n) is 4.50. The maximum atomic E-state index is 12.7. The van der Waals surface area contributed by atoms with Crippen molar-refractivity contribution in [3.05, 3.63) is 35.6 Å². The number of carbonyl (C=O) groups is 1. The normalized spacial score (nSPS) is 12.8. The molecule has 0 fully saturated rings. The molecule has 2 nitrogen and oxygen atoms in total. The predicted molar refractivity (Wildman–Crippen MR) is 62.5 cm³/mol. The van der Waals surface area contributed by atoms with E-state index in [-0.39, 0.29) is 11.6 Å². The number of Topliss-reactive ketones (excluding diaryl/α,β-unsaturated/α-hetero) is 1. The van der Waals surface area contributed by atoms with E-state index in [2.05, 4.69) is 0 Å². The van der Waals surface area contributed by atoms with Gasteiger partial charge in [0, 0.05) is 6.42 Å². The Hall–Kier alpha value is -1.22. The molecule has 1 aromatic carbocycles. The van der Waals surface area contributed by atoms with Crippen molar-refractivity contribution in [1.82, 2.24) is 0 Å². The van der Waals surface area contributed by atoms with Gasteiger partial charge in [0.15, 0.2) is 0 Å². The first-order chi connectivity index (χ1) is 7.49. The zero-order valence-corrected chi connectivity index (χ0v) is 9.74. The van der Waals surface area contributed by atoms with Crippen molar-refractivity contribution in [3.8, 4) is 0 Å². The molecule has 2 N–H and O–H groups in total. The number of nitrogens with two attached hydrogens (primary N) is 1. The van der Waals surface area contributed by atoms with Crippen molar-refractivity contribution in [2.24, 2.45) is 11.7 Å². The molecule has 1 rings (SSSR count). The first-order valence-corrected chi connectivity index (χ1v) is 5.51. The predicted octanol–water partition coefficient (Wildman–Crippen LogP) is 2.31. The van der Waals surface area contributed by atoms with Gasteiger partial charge < -0.3 is 5.73 Å². The van der Waals surface area contributed by atoms with Crippen molar-refractivity contribution in [2.45, 2.75) is 32.7 Å². The van der Waals surface area contributed by atoms with Gasteiger partial charge in [-0.05, 0) is 30.0 Å². The Kier molecular flexibility index (Phi) is 4.62. The van der Waals surface area contributed by atoms with E-state index in [1.807, 2.05) is 13.8 Å². The number of hydrogen-bond donors (Lipinski definition) is 1. The highest BCUT2D eigenvalue weighted by atomic mass is 19.1. The summed E-state index contributed by atoms with van der Waals surface area (Å²) in [6.45, 7) is 3.98. The minimum absolute atomic E-state index is 0.0688. The van der Waals surface area contributed by atoms with Crippen LogP contribution in [0.25, 0.3) is 0 Å². The van der Waals surface area contributed by atoms with Crippen LogP contribution in [0.2, 0.25) is 0 Å². The first-order valence-electron chi connectivity index (χ1n) is 5.51. The maximum Gasteiger partial charge on any atom is 0.150 e. The van der Waals surface area contributed by atoms with Gasteiger partial charge in [0.05, 0.1) is 6.04 Å². The average molecular weight is 223 g/mol. The van der Waals surface area contributed by atoms with E-state index < -0.39 is 6.04 Å². The van der Waals surface area contributed by atoms with Crippen molar-refractivity contribution in [2.75, 3.05) is 0 Å². The average Bonchev–Trinajstić information content (AvgIpc) is 2.20. The van der Waals surface area contributed by atoms with Gasteiger partial charge in [-0.2, -0.15) is 0 Å². The van der Waals surface area contributed by atoms with E-state index in [1.54, 1.807) is 12.1 Å². The first kappa shape index (κ1) is 12.8. The summed E-state index contributed by atoms with van der Waals surface area (Å²) in [5.41, 5.74) is 6.69. The minimum atomic E-state index is -0.479. The summed E-state index contributed by atoms with van der Waals surface area (Å²) in [5.74, 6) is 0.122. The summed E-state index contributed by atoms with van der Waals surface area (Å²) < 4.78 is 12.7. The van der Waals surface area contributed by atoms with E-state index in [1.165, 1.54) is 12.1 Å². The fourth-order valence-electron chi connectivity index (χ4n) is 1.54. The van der Waals surface area contributed by atoms with Crippen molar-refractivity contribution >= 4 is 5.78 Å². The smallest absolute Gasteiger partial charge is 0.150 e. The Morgan fingerprint density at radius 3 is 2.38 bits per heavy atom. The van der Waals surface area contributed by atoms with E-state index in [0.29, 0.717) is 18.8 Å². The van der Waals surface area contributed by atoms with Gasteiger partial charge in [0.2, 0.25) is 0 Å². The lowest BCUT2D eigenvalue weighted by Gasteiger charge is -2.12. The van der Waals surface area contributed by atoms with E-state index in [9.17, 15) is 9.18 Å². The lowest BCUT2D eigenvalue weighted by atomic mass is 9.97. The molecule has 0 aromatic heterocycles. The minimum Gasteiger partial charge on any atom is -0.321 e. The van der Waals surface area contributed by atoms with Crippen molar-refractivity contribution in [3.63, 3.8) is 0 Å². The monoisotopic (exact) mass is 223 g/mol. The second kappa shape index (κ2) is 5.75. The SMILES string of the molecule is CC(C)CC(=O)C(N)Cc1ccc(F)cc1. The highest BCUT2D eigenvalue weighted by Gasteiger charge is 2.15. The van der Waals surface area contributed by atoms with Crippen LogP contribution in [0.15, 0.2) is 24.3 Å². The molecule has 0 heterocycles. The molecule has 1 unspecified atom stereocenters. The summed E-state index contributed by atoms with van der Waals surface area (Å²) in [7, 11) is 0. The Balaban J connectivity index is 2.53. The third-order valence-corrected chi connectivity index (χ3v) is 2.39. The Bertz CT molecular complexity index is 345. The quantitative estimate of drug-likeness (QED) is 0.832. The Morgan fingerprint density at radius 2 is 1.88 bits per heavy atom. The van der Waals surface area contributed by atoms with Crippen LogP contribution in [-0.4, -0.2) is 11.8 Å². The molecule has 0 bridgehead atoms. The third kappa shape index (κ3) is 4.11. The summed E-state index contributed by atoms with van der Waals surface area (Å²) in [5, 5.41) is 0. The lowest BCUT2D eigenvalue weighted by molar-refractivity contribution is -0.120. The molecule has 1 atom stereocenters. The molecule has 0 aliphatic heterocycles. The van der Waals surface area contributed by atoms with Gasteiger partial charge in [-0.1, -0.05) is 26.0 Å². The number of halogens is 1. The van der Waals surface area contributed by atoms with Gasteiger partial charge in [-0.25, -0.2) is 4.39 Å². The van der Waals surface area contributed by atoms with Gasteiger partial charge in [0.1, 0.15) is 11.6 Å². The van der Waals surface area contributed by atoms with Crippen LogP contribution in [0.3, 0.4) is 0 Å². The number of rotatable bonds is 5. The fourth-order valence-corrected chi connectivity index (χ4v) is 1.54. The zero-order valence-electron chi connectivity index (χ0n) is 9.74. The summed E-state index contributed by atoms with van der Waals surface area (Å²) >= 11 is 0. The van der Waals surface area contributed by atoms with Crippen LogP contribution in [0.4, 0.5) is 4.39 Å². The van der Waals surface area contributed by atoms with Crippen molar-refractivity contribution < 1.29 is 9.18 Å². The zero-order chi connectivity index (χ0) is 12.1. The largest absolute Gasteiger partial charge is 0.321 e. The van der Waals surface area contributed by atoms with E-state index >= 15 is 0 Å². The number of ketones is 1. The Morgan fingerprint density at radius 1 is 1.31 bits per heavy atom.